The number of H-pyrrole nitrogens is 1. The van der Waals surface area contributed by atoms with Gasteiger partial charge in [0.25, 0.3) is 5.91 Å². The Kier molecular flexibility index (Phi) is 3.78. The number of nitrogens with zero attached hydrogens (tertiary/aromatic N) is 4. The molecular weight excluding hydrogens is 232 g/mol. The summed E-state index contributed by atoms with van der Waals surface area (Å²) in [5.74, 6) is -0.146. The smallest absolute Gasteiger partial charge is 0.251 e. The van der Waals surface area contributed by atoms with Crippen molar-refractivity contribution in [3.63, 3.8) is 0 Å². The standard InChI is InChI=1S/C11H12N6O/c12-17-16-5-1-4-13-11(18)8-2-3-9-10(6-8)15-7-14-9/h2-3,6-7H,1,4-5H2,(H,13,18)(H,14,15). The average molecular weight is 244 g/mol. The number of rotatable bonds is 5. The molecule has 0 fully saturated rings. The van der Waals surface area contributed by atoms with Crippen LogP contribution in [0.4, 0.5) is 0 Å². The second kappa shape index (κ2) is 5.70. The van der Waals surface area contributed by atoms with E-state index in [4.69, 9.17) is 5.53 Å². The van der Waals surface area contributed by atoms with E-state index < -0.39 is 0 Å². The van der Waals surface area contributed by atoms with Crippen molar-refractivity contribution in [2.24, 2.45) is 5.11 Å². The van der Waals surface area contributed by atoms with Gasteiger partial charge in [0.1, 0.15) is 0 Å². The Bertz CT molecular complexity index is 598. The van der Waals surface area contributed by atoms with Gasteiger partial charge < -0.3 is 10.3 Å². The van der Waals surface area contributed by atoms with Crippen molar-refractivity contribution in [2.45, 2.75) is 6.42 Å². The van der Waals surface area contributed by atoms with E-state index in [1.54, 1.807) is 24.5 Å². The Morgan fingerprint density at radius 3 is 3.28 bits per heavy atom. The molecule has 0 bridgehead atoms. The first-order valence-electron chi connectivity index (χ1n) is 5.53. The molecule has 7 heteroatoms. The summed E-state index contributed by atoms with van der Waals surface area (Å²) >= 11 is 0. The van der Waals surface area contributed by atoms with E-state index in [0.29, 0.717) is 25.1 Å². The number of aromatic amines is 1. The van der Waals surface area contributed by atoms with Crippen LogP contribution in [0.5, 0.6) is 0 Å². The third kappa shape index (κ3) is 2.78. The summed E-state index contributed by atoms with van der Waals surface area (Å²) in [5.41, 5.74) is 10.3. The predicted octanol–water partition coefficient (Wildman–Crippen LogP) is 1.99. The van der Waals surface area contributed by atoms with Crippen LogP contribution in [0.15, 0.2) is 29.6 Å². The van der Waals surface area contributed by atoms with Crippen LogP contribution in [0.3, 0.4) is 0 Å². The van der Waals surface area contributed by atoms with Crippen molar-refractivity contribution in [3.05, 3.63) is 40.5 Å². The van der Waals surface area contributed by atoms with Crippen LogP contribution >= 0.6 is 0 Å². The summed E-state index contributed by atoms with van der Waals surface area (Å²) in [6.45, 7) is 0.870. The topological polar surface area (TPSA) is 107 Å². The molecule has 2 rings (SSSR count). The molecule has 0 atom stereocenters. The Balaban J connectivity index is 1.93. The molecule has 7 nitrogen and oxygen atoms in total. The van der Waals surface area contributed by atoms with Gasteiger partial charge in [-0.2, -0.15) is 0 Å². The van der Waals surface area contributed by atoms with E-state index in [9.17, 15) is 4.79 Å². The first-order chi connectivity index (χ1) is 8.81. The van der Waals surface area contributed by atoms with Gasteiger partial charge in [-0.3, -0.25) is 4.79 Å². The van der Waals surface area contributed by atoms with Crippen molar-refractivity contribution in [1.82, 2.24) is 15.3 Å². The monoisotopic (exact) mass is 244 g/mol. The normalized spacial score (nSPS) is 10.0. The third-order valence-corrected chi connectivity index (χ3v) is 2.47. The number of nitrogens with one attached hydrogen (secondary N) is 2. The van der Waals surface area contributed by atoms with Crippen molar-refractivity contribution in [3.8, 4) is 0 Å². The molecule has 1 aromatic heterocycles. The fourth-order valence-corrected chi connectivity index (χ4v) is 1.58. The molecule has 0 aliphatic carbocycles. The lowest BCUT2D eigenvalue weighted by Crippen LogP contribution is -2.24. The van der Waals surface area contributed by atoms with Gasteiger partial charge in [-0.1, -0.05) is 5.11 Å². The first kappa shape index (κ1) is 11.9. The van der Waals surface area contributed by atoms with Crippen LogP contribution in [0, 0.1) is 0 Å². The highest BCUT2D eigenvalue weighted by Crippen LogP contribution is 2.11. The lowest BCUT2D eigenvalue weighted by atomic mass is 10.2. The number of carbonyl (C=O) groups excluding carboxylic acids is 1. The highest BCUT2D eigenvalue weighted by molar-refractivity contribution is 5.97. The number of fused-ring (bicyclic) bond motifs is 1. The SMILES string of the molecule is [N-]=[N+]=NCCCNC(=O)c1ccc2nc[nH]c2c1. The number of benzene rings is 1. The van der Waals surface area contributed by atoms with Gasteiger partial charge in [0.15, 0.2) is 0 Å². The molecule has 0 saturated heterocycles. The molecule has 2 aromatic rings. The van der Waals surface area contributed by atoms with Crippen LogP contribution < -0.4 is 5.32 Å². The van der Waals surface area contributed by atoms with Crippen molar-refractivity contribution in [2.75, 3.05) is 13.1 Å². The van der Waals surface area contributed by atoms with Gasteiger partial charge in [0, 0.05) is 23.6 Å². The van der Waals surface area contributed by atoms with E-state index in [2.05, 4.69) is 25.3 Å². The largest absolute Gasteiger partial charge is 0.352 e. The van der Waals surface area contributed by atoms with Gasteiger partial charge in [-0.25, -0.2) is 4.98 Å². The van der Waals surface area contributed by atoms with Crippen molar-refractivity contribution < 1.29 is 4.79 Å². The molecule has 0 spiro atoms. The van der Waals surface area contributed by atoms with E-state index in [1.165, 1.54) is 0 Å². The van der Waals surface area contributed by atoms with Crippen LogP contribution in [-0.2, 0) is 0 Å². The number of carbonyl (C=O) groups is 1. The Labute approximate surface area is 103 Å². The summed E-state index contributed by atoms with van der Waals surface area (Å²) in [4.78, 5) is 21.5. The zero-order chi connectivity index (χ0) is 12.8. The summed E-state index contributed by atoms with van der Waals surface area (Å²) in [5, 5.41) is 6.15. The molecule has 18 heavy (non-hydrogen) atoms. The highest BCUT2D eigenvalue weighted by atomic mass is 16.1. The molecule has 0 aliphatic heterocycles. The minimum atomic E-state index is -0.146. The van der Waals surface area contributed by atoms with E-state index in [0.717, 1.165) is 11.0 Å². The molecule has 0 aliphatic rings. The molecule has 0 radical (unpaired) electrons. The van der Waals surface area contributed by atoms with Crippen molar-refractivity contribution in [1.29, 1.82) is 0 Å². The van der Waals surface area contributed by atoms with Gasteiger partial charge in [-0.15, -0.1) is 0 Å². The van der Waals surface area contributed by atoms with E-state index in [-0.39, 0.29) is 5.91 Å². The molecular formula is C11H12N6O. The van der Waals surface area contributed by atoms with Crippen LogP contribution in [0.1, 0.15) is 16.8 Å². The van der Waals surface area contributed by atoms with Crippen LogP contribution in [0.25, 0.3) is 21.5 Å². The number of imidazole rings is 1. The van der Waals surface area contributed by atoms with Crippen LogP contribution in [0.2, 0.25) is 0 Å². The van der Waals surface area contributed by atoms with E-state index >= 15 is 0 Å². The van der Waals surface area contributed by atoms with Gasteiger partial charge in [0.05, 0.1) is 17.4 Å². The number of hydrogen-bond acceptors (Lipinski definition) is 3. The molecule has 1 heterocycles. The number of amides is 1. The van der Waals surface area contributed by atoms with Crippen molar-refractivity contribution >= 4 is 16.9 Å². The summed E-state index contributed by atoms with van der Waals surface area (Å²) in [6, 6.07) is 5.28. The Morgan fingerprint density at radius 2 is 2.44 bits per heavy atom. The number of hydrogen-bond donors (Lipinski definition) is 2. The molecule has 1 aromatic carbocycles. The van der Waals surface area contributed by atoms with Gasteiger partial charge in [0.2, 0.25) is 0 Å². The minimum absolute atomic E-state index is 0.146. The van der Waals surface area contributed by atoms with Gasteiger partial charge in [-0.05, 0) is 30.2 Å². The predicted molar refractivity (Wildman–Crippen MR) is 67.1 cm³/mol. The fourth-order valence-electron chi connectivity index (χ4n) is 1.58. The molecule has 0 saturated carbocycles. The molecule has 92 valence electrons. The average Bonchev–Trinajstić information content (AvgIpc) is 2.85. The zero-order valence-corrected chi connectivity index (χ0v) is 9.63. The summed E-state index contributed by atoms with van der Waals surface area (Å²) in [6.07, 6.45) is 2.22. The minimum Gasteiger partial charge on any atom is -0.352 e. The van der Waals surface area contributed by atoms with Gasteiger partial charge >= 0.3 is 0 Å². The quantitative estimate of drug-likeness (QED) is 0.363. The van der Waals surface area contributed by atoms with Crippen LogP contribution in [-0.4, -0.2) is 29.0 Å². The maximum Gasteiger partial charge on any atom is 0.251 e. The number of aromatic nitrogens is 2. The third-order valence-electron chi connectivity index (χ3n) is 2.47. The maximum atomic E-state index is 11.8. The lowest BCUT2D eigenvalue weighted by Gasteiger charge is -2.03. The number of azide groups is 1. The second-order valence-electron chi connectivity index (χ2n) is 3.70. The second-order valence-corrected chi connectivity index (χ2v) is 3.70. The Morgan fingerprint density at radius 1 is 1.56 bits per heavy atom. The Hall–Kier alpha value is -2.53. The fraction of sp³-hybridized carbons (Fsp3) is 0.273. The maximum absolute atomic E-state index is 11.8. The zero-order valence-electron chi connectivity index (χ0n) is 9.63. The first-order valence-corrected chi connectivity index (χ1v) is 5.53. The molecule has 1 amide bonds. The lowest BCUT2D eigenvalue weighted by molar-refractivity contribution is 0.0953. The molecule has 0 unspecified atom stereocenters. The summed E-state index contributed by atoms with van der Waals surface area (Å²) in [7, 11) is 0. The summed E-state index contributed by atoms with van der Waals surface area (Å²) < 4.78 is 0. The van der Waals surface area contributed by atoms with E-state index in [1.807, 2.05) is 0 Å². The highest BCUT2D eigenvalue weighted by Gasteiger charge is 2.06. The molecule has 2 N–H and O–H groups in total.